The van der Waals surface area contributed by atoms with Crippen LogP contribution in [0.2, 0.25) is 0 Å². The Bertz CT molecular complexity index is 538. The maximum atomic E-state index is 12.6. The van der Waals surface area contributed by atoms with Crippen molar-refractivity contribution < 1.29 is 38.7 Å². The number of hydrogen-bond acceptors (Lipinski definition) is 8. The quantitative estimate of drug-likeness (QED) is 0.398. The number of carbonyl (C=O) groups is 2. The molecule has 0 bridgehead atoms. The summed E-state index contributed by atoms with van der Waals surface area (Å²) in [6.07, 6.45) is 6.21. The summed E-state index contributed by atoms with van der Waals surface area (Å²) in [7, 11) is 2.32. The van der Waals surface area contributed by atoms with Crippen LogP contribution < -0.4 is 0 Å². The van der Waals surface area contributed by atoms with Crippen molar-refractivity contribution in [3.63, 3.8) is 0 Å². The summed E-state index contributed by atoms with van der Waals surface area (Å²) in [4.78, 5) is 24.9. The van der Waals surface area contributed by atoms with E-state index < -0.39 is 41.6 Å². The second kappa shape index (κ2) is 10.0. The van der Waals surface area contributed by atoms with E-state index in [1.807, 2.05) is 0 Å². The zero-order valence-electron chi connectivity index (χ0n) is 17.1. The molecule has 28 heavy (non-hydrogen) atoms. The van der Waals surface area contributed by atoms with Gasteiger partial charge in [0.1, 0.15) is 12.2 Å². The van der Waals surface area contributed by atoms with Crippen molar-refractivity contribution in [3.8, 4) is 0 Å². The molecule has 2 aliphatic heterocycles. The maximum Gasteiger partial charge on any atom is 0.344 e. The van der Waals surface area contributed by atoms with Crippen molar-refractivity contribution in [2.75, 3.05) is 14.2 Å². The summed E-state index contributed by atoms with van der Waals surface area (Å²) < 4.78 is 20.6. The first kappa shape index (κ1) is 23.1. The minimum atomic E-state index is -2.58. The molecule has 8 nitrogen and oxygen atoms in total. The van der Waals surface area contributed by atoms with Gasteiger partial charge in [0, 0.05) is 13.5 Å². The van der Waals surface area contributed by atoms with Gasteiger partial charge in [0.2, 0.25) is 11.2 Å². The van der Waals surface area contributed by atoms with E-state index in [4.69, 9.17) is 14.2 Å². The summed E-state index contributed by atoms with van der Waals surface area (Å²) in [5.74, 6) is -2.02. The number of unbranched alkanes of at least 4 members (excludes halogenated alkanes) is 7. The van der Waals surface area contributed by atoms with Crippen molar-refractivity contribution in [2.45, 2.75) is 101 Å². The normalized spacial score (nSPS) is 34.8. The predicted molar refractivity (Wildman–Crippen MR) is 99.3 cm³/mol. The van der Waals surface area contributed by atoms with Crippen molar-refractivity contribution in [1.29, 1.82) is 0 Å². The Morgan fingerprint density at radius 2 is 1.75 bits per heavy atom. The zero-order valence-corrected chi connectivity index (χ0v) is 17.1. The second-order valence-corrected chi connectivity index (χ2v) is 7.75. The molecule has 2 rings (SSSR count). The summed E-state index contributed by atoms with van der Waals surface area (Å²) in [6.45, 7) is 2.19. The van der Waals surface area contributed by atoms with Crippen molar-refractivity contribution in [2.24, 2.45) is 0 Å². The smallest absolute Gasteiger partial charge is 0.344 e. The van der Waals surface area contributed by atoms with Crippen LogP contribution in [0, 0.1) is 0 Å². The third kappa shape index (κ3) is 4.20. The molecule has 0 saturated carbocycles. The van der Waals surface area contributed by atoms with E-state index in [0.717, 1.165) is 26.4 Å². The lowest BCUT2D eigenvalue weighted by Crippen LogP contribution is -2.64. The van der Waals surface area contributed by atoms with Gasteiger partial charge >= 0.3 is 11.9 Å². The Morgan fingerprint density at radius 1 is 1.14 bits per heavy atom. The molecular formula is C20H34O8. The van der Waals surface area contributed by atoms with Crippen LogP contribution in [0.25, 0.3) is 0 Å². The third-order valence-corrected chi connectivity index (χ3v) is 5.85. The average molecular weight is 402 g/mol. The fourth-order valence-electron chi connectivity index (χ4n) is 4.17. The van der Waals surface area contributed by atoms with Gasteiger partial charge in [0.25, 0.3) is 0 Å². The molecule has 5 atom stereocenters. The van der Waals surface area contributed by atoms with E-state index in [1.54, 1.807) is 0 Å². The van der Waals surface area contributed by atoms with Gasteiger partial charge in [0.05, 0.1) is 7.11 Å². The molecule has 0 aromatic carbocycles. The highest BCUT2D eigenvalue weighted by Crippen LogP contribution is 2.49. The topological polar surface area (TPSA) is 112 Å². The van der Waals surface area contributed by atoms with Gasteiger partial charge in [-0.15, -0.1) is 0 Å². The lowest BCUT2D eigenvalue weighted by molar-refractivity contribution is -0.203. The second-order valence-electron chi connectivity index (χ2n) is 7.75. The molecule has 2 heterocycles. The number of aliphatic hydroxyl groups is 2. The van der Waals surface area contributed by atoms with Gasteiger partial charge < -0.3 is 29.2 Å². The number of hydrogen-bond donors (Lipinski definition) is 2. The SMILES string of the molecule is CCCCCCCCCC[C@H]1C[C@]2(O[C@H](OC)[C@@H](O)[C@@]2(O)C(=O)OC)C(=O)O1. The Balaban J connectivity index is 1.93. The molecule has 8 heteroatoms. The standard InChI is InChI=1S/C20H34O8/c1-4-5-6-7-8-9-10-11-12-14-13-19(17(22)27-14)20(24,18(23)26-3)15(21)16(25-2)28-19/h14-16,21,24H,4-13H2,1-3H3/t14-,15+,16-,19-,20+/m0/s1. The third-order valence-electron chi connectivity index (χ3n) is 5.85. The van der Waals surface area contributed by atoms with Crippen LogP contribution in [0.5, 0.6) is 0 Å². The Morgan fingerprint density at radius 3 is 2.32 bits per heavy atom. The van der Waals surface area contributed by atoms with Crippen LogP contribution in [0.15, 0.2) is 0 Å². The molecular weight excluding hydrogens is 368 g/mol. The van der Waals surface area contributed by atoms with Crippen LogP contribution in [-0.4, -0.2) is 66.1 Å². The molecule has 0 radical (unpaired) electrons. The summed E-state index contributed by atoms with van der Waals surface area (Å²) in [5.41, 5.74) is -4.60. The van der Waals surface area contributed by atoms with Crippen molar-refractivity contribution in [1.82, 2.24) is 0 Å². The first-order valence-corrected chi connectivity index (χ1v) is 10.3. The molecule has 2 fully saturated rings. The van der Waals surface area contributed by atoms with Crippen LogP contribution in [0.3, 0.4) is 0 Å². The molecule has 0 aliphatic carbocycles. The summed E-state index contributed by atoms with van der Waals surface area (Å²) >= 11 is 0. The van der Waals surface area contributed by atoms with Crippen LogP contribution in [-0.2, 0) is 28.5 Å². The fourth-order valence-corrected chi connectivity index (χ4v) is 4.17. The molecule has 2 N–H and O–H groups in total. The lowest BCUT2D eigenvalue weighted by atomic mass is 9.78. The van der Waals surface area contributed by atoms with Crippen LogP contribution >= 0.6 is 0 Å². The zero-order chi connectivity index (χ0) is 20.8. The number of methoxy groups -OCH3 is 2. The Hall–Kier alpha value is -1.22. The predicted octanol–water partition coefficient (Wildman–Crippen LogP) is 1.84. The molecule has 0 unspecified atom stereocenters. The summed E-state index contributed by atoms with van der Waals surface area (Å²) in [5, 5.41) is 21.3. The molecule has 2 aliphatic rings. The molecule has 0 amide bonds. The number of esters is 2. The van der Waals surface area contributed by atoms with Gasteiger partial charge in [-0.1, -0.05) is 51.9 Å². The maximum absolute atomic E-state index is 12.6. The number of ether oxygens (including phenoxy) is 4. The number of carbonyl (C=O) groups excluding carboxylic acids is 2. The first-order valence-electron chi connectivity index (χ1n) is 10.3. The van der Waals surface area contributed by atoms with Gasteiger partial charge in [0.15, 0.2) is 6.29 Å². The first-order chi connectivity index (χ1) is 13.4. The minimum Gasteiger partial charge on any atom is -0.467 e. The molecule has 0 aromatic heterocycles. The fraction of sp³-hybridized carbons (Fsp3) is 0.900. The highest BCUT2D eigenvalue weighted by Gasteiger charge is 2.77. The number of rotatable bonds is 11. The molecule has 1 spiro atoms. The van der Waals surface area contributed by atoms with Gasteiger partial charge in [-0.2, -0.15) is 0 Å². The average Bonchev–Trinajstić information content (AvgIpc) is 3.13. The molecule has 2 saturated heterocycles. The van der Waals surface area contributed by atoms with Crippen LogP contribution in [0.1, 0.15) is 71.1 Å². The van der Waals surface area contributed by atoms with Gasteiger partial charge in [-0.05, 0) is 12.8 Å². The highest BCUT2D eigenvalue weighted by molar-refractivity contribution is 5.95. The van der Waals surface area contributed by atoms with Crippen molar-refractivity contribution >= 4 is 11.9 Å². The van der Waals surface area contributed by atoms with E-state index in [9.17, 15) is 19.8 Å². The van der Waals surface area contributed by atoms with Crippen LogP contribution in [0.4, 0.5) is 0 Å². The molecule has 0 aromatic rings. The number of cyclic esters (lactones) is 1. The van der Waals surface area contributed by atoms with E-state index in [1.165, 1.54) is 39.2 Å². The van der Waals surface area contributed by atoms with Crippen molar-refractivity contribution in [3.05, 3.63) is 0 Å². The van der Waals surface area contributed by atoms with E-state index in [0.29, 0.717) is 6.42 Å². The Labute approximate surface area is 166 Å². The Kier molecular flexibility index (Phi) is 8.24. The number of aliphatic hydroxyl groups excluding tert-OH is 1. The van der Waals surface area contributed by atoms with Gasteiger partial charge in [-0.3, -0.25) is 0 Å². The summed E-state index contributed by atoms with van der Waals surface area (Å²) in [6, 6.07) is 0. The van der Waals surface area contributed by atoms with Gasteiger partial charge in [-0.25, -0.2) is 9.59 Å². The van der Waals surface area contributed by atoms with E-state index in [-0.39, 0.29) is 6.42 Å². The molecule has 162 valence electrons. The van der Waals surface area contributed by atoms with E-state index in [2.05, 4.69) is 11.7 Å². The monoisotopic (exact) mass is 402 g/mol. The highest BCUT2D eigenvalue weighted by atomic mass is 16.7. The largest absolute Gasteiger partial charge is 0.467 e. The lowest BCUT2D eigenvalue weighted by Gasteiger charge is -2.32. The minimum absolute atomic E-state index is 0.0369. The van der Waals surface area contributed by atoms with E-state index >= 15 is 0 Å².